The maximum Gasteiger partial charge on any atom is 0.238 e. The largest absolute Gasteiger partial charge is 0.486 e. The molecule has 1 amide bonds. The fourth-order valence-electron chi connectivity index (χ4n) is 4.73. The van der Waals surface area contributed by atoms with Crippen molar-refractivity contribution in [3.05, 3.63) is 54.4 Å². The van der Waals surface area contributed by atoms with Crippen LogP contribution < -0.4 is 10.1 Å². The Kier molecular flexibility index (Phi) is 7.54. The second-order valence-corrected chi connectivity index (χ2v) is 9.44. The second-order valence-electron chi connectivity index (χ2n) is 9.44. The number of aliphatic hydroxyl groups is 1. The first-order chi connectivity index (χ1) is 16.4. The van der Waals surface area contributed by atoms with E-state index in [-0.39, 0.29) is 18.6 Å². The quantitative estimate of drug-likeness (QED) is 0.462. The Morgan fingerprint density at radius 2 is 2.03 bits per heavy atom. The third-order valence-electron chi connectivity index (χ3n) is 6.87. The van der Waals surface area contributed by atoms with Crippen molar-refractivity contribution in [1.29, 1.82) is 0 Å². The van der Waals surface area contributed by atoms with Gasteiger partial charge in [-0.1, -0.05) is 44.4 Å². The Hall–Kier alpha value is -2.90. The Labute approximate surface area is 201 Å². The Morgan fingerprint density at radius 1 is 1.24 bits per heavy atom. The van der Waals surface area contributed by atoms with Gasteiger partial charge in [0, 0.05) is 25.8 Å². The molecule has 2 atom stereocenters. The molecule has 2 N–H and O–H groups in total. The van der Waals surface area contributed by atoms with Crippen LogP contribution in [0.5, 0.6) is 5.75 Å². The lowest BCUT2D eigenvalue weighted by atomic mass is 9.83. The molecule has 4 rings (SSSR count). The molecule has 2 aromatic carbocycles. The first-order valence-corrected chi connectivity index (χ1v) is 12.3. The summed E-state index contributed by atoms with van der Waals surface area (Å²) in [4.78, 5) is 19.5. The highest BCUT2D eigenvalue weighted by atomic mass is 16.5. The number of likely N-dealkylation sites (tertiary alicyclic amines) is 1. The minimum atomic E-state index is -0.889. The number of nitrogens with zero attached hydrogens (tertiary/aromatic N) is 3. The number of fused-ring (bicyclic) bond motifs is 1. The second kappa shape index (κ2) is 10.6. The number of aromatic nitrogens is 2. The minimum absolute atomic E-state index is 0.0816. The molecule has 0 radical (unpaired) electrons. The van der Waals surface area contributed by atoms with Crippen molar-refractivity contribution in [3.63, 3.8) is 0 Å². The summed E-state index contributed by atoms with van der Waals surface area (Å²) in [7, 11) is 1.98. The number of hydrogen-bond donors (Lipinski definition) is 2. The van der Waals surface area contributed by atoms with Crippen molar-refractivity contribution in [2.24, 2.45) is 7.05 Å². The molecule has 3 aromatic rings. The molecule has 182 valence electrons. The van der Waals surface area contributed by atoms with Crippen LogP contribution in [0.2, 0.25) is 0 Å². The minimum Gasteiger partial charge on any atom is -0.486 e. The summed E-state index contributed by atoms with van der Waals surface area (Å²) in [6.45, 7) is 5.54. The predicted molar refractivity (Wildman–Crippen MR) is 135 cm³/mol. The van der Waals surface area contributed by atoms with Gasteiger partial charge in [0.1, 0.15) is 23.3 Å². The summed E-state index contributed by atoms with van der Waals surface area (Å²) < 4.78 is 8.29. The number of piperidine rings is 1. The van der Waals surface area contributed by atoms with E-state index in [4.69, 9.17) is 4.74 Å². The van der Waals surface area contributed by atoms with E-state index < -0.39 is 5.60 Å². The summed E-state index contributed by atoms with van der Waals surface area (Å²) in [5.74, 6) is 1.59. The molecule has 7 nitrogen and oxygen atoms in total. The lowest BCUT2D eigenvalue weighted by molar-refractivity contribution is -0.127. The fraction of sp³-hybridized carbons (Fsp3) is 0.481. The van der Waals surface area contributed by atoms with Crippen LogP contribution in [0, 0.1) is 6.92 Å². The van der Waals surface area contributed by atoms with Crippen LogP contribution in [-0.4, -0.2) is 56.8 Å². The average Bonchev–Trinajstić information content (AvgIpc) is 3.10. The molecule has 0 unspecified atom stereocenters. The zero-order valence-corrected chi connectivity index (χ0v) is 20.5. The number of ether oxygens (including phenoxy) is 1. The Bertz CT molecular complexity index is 1110. The van der Waals surface area contributed by atoms with Crippen LogP contribution in [0.3, 0.4) is 0 Å². The van der Waals surface area contributed by atoms with Gasteiger partial charge in [0.05, 0.1) is 17.6 Å². The third kappa shape index (κ3) is 5.59. The number of anilines is 1. The van der Waals surface area contributed by atoms with E-state index in [1.165, 1.54) is 0 Å². The smallest absolute Gasteiger partial charge is 0.238 e. The summed E-state index contributed by atoms with van der Waals surface area (Å²) in [6.07, 6.45) is 4.07. The highest BCUT2D eigenvalue weighted by Gasteiger charge is 2.43. The summed E-state index contributed by atoms with van der Waals surface area (Å²) in [6, 6.07) is 15.4. The number of carbonyl (C=O) groups excluding carboxylic acids is 1. The molecule has 0 saturated carbocycles. The van der Waals surface area contributed by atoms with Gasteiger partial charge >= 0.3 is 0 Å². The van der Waals surface area contributed by atoms with Crippen molar-refractivity contribution in [1.82, 2.24) is 14.5 Å². The van der Waals surface area contributed by atoms with Gasteiger partial charge in [0.25, 0.3) is 0 Å². The van der Waals surface area contributed by atoms with Crippen molar-refractivity contribution in [2.75, 3.05) is 25.0 Å². The maximum atomic E-state index is 12.8. The lowest BCUT2D eigenvalue weighted by Crippen LogP contribution is -2.58. The topological polar surface area (TPSA) is 79.6 Å². The van der Waals surface area contributed by atoms with E-state index in [0.29, 0.717) is 25.9 Å². The first-order valence-electron chi connectivity index (χ1n) is 12.3. The Balaban J connectivity index is 1.41. The van der Waals surface area contributed by atoms with E-state index in [0.717, 1.165) is 47.6 Å². The van der Waals surface area contributed by atoms with Crippen molar-refractivity contribution >= 4 is 22.6 Å². The number of para-hydroxylation sites is 1. The molecule has 34 heavy (non-hydrogen) atoms. The summed E-state index contributed by atoms with van der Waals surface area (Å²) in [5.41, 5.74) is 1.75. The molecular formula is C27H36N4O3. The van der Waals surface area contributed by atoms with Crippen LogP contribution in [0.15, 0.2) is 48.5 Å². The molecule has 1 aliphatic rings. The number of imidazole rings is 1. The normalized spacial score (nSPS) is 21.0. The van der Waals surface area contributed by atoms with Gasteiger partial charge in [-0.05, 0) is 50.1 Å². The molecule has 1 aromatic heterocycles. The number of benzene rings is 2. The van der Waals surface area contributed by atoms with E-state index in [1.807, 2.05) is 67.1 Å². The van der Waals surface area contributed by atoms with Crippen LogP contribution in [0.25, 0.3) is 11.0 Å². The molecule has 1 saturated heterocycles. The lowest BCUT2D eigenvalue weighted by Gasteiger charge is -2.44. The predicted octanol–water partition coefficient (Wildman–Crippen LogP) is 4.28. The van der Waals surface area contributed by atoms with E-state index in [2.05, 4.69) is 22.1 Å². The zero-order chi connectivity index (χ0) is 24.1. The highest BCUT2D eigenvalue weighted by molar-refractivity contribution is 5.94. The Morgan fingerprint density at radius 3 is 2.79 bits per heavy atom. The van der Waals surface area contributed by atoms with Gasteiger partial charge in [-0.25, -0.2) is 4.98 Å². The first kappa shape index (κ1) is 24.2. The van der Waals surface area contributed by atoms with Crippen molar-refractivity contribution < 1.29 is 14.6 Å². The third-order valence-corrected chi connectivity index (χ3v) is 6.87. The highest BCUT2D eigenvalue weighted by Crippen LogP contribution is 2.31. The van der Waals surface area contributed by atoms with Gasteiger partial charge in [0.2, 0.25) is 5.91 Å². The molecule has 0 spiro atoms. The summed E-state index contributed by atoms with van der Waals surface area (Å²) in [5, 5.41) is 14.5. The molecule has 2 heterocycles. The molecule has 1 fully saturated rings. The van der Waals surface area contributed by atoms with Gasteiger partial charge in [-0.2, -0.15) is 0 Å². The van der Waals surface area contributed by atoms with Crippen molar-refractivity contribution in [2.45, 2.75) is 57.7 Å². The zero-order valence-electron chi connectivity index (χ0n) is 20.5. The van der Waals surface area contributed by atoms with Gasteiger partial charge in [-0.15, -0.1) is 0 Å². The monoisotopic (exact) mass is 464 g/mol. The van der Waals surface area contributed by atoms with Crippen LogP contribution >= 0.6 is 0 Å². The van der Waals surface area contributed by atoms with E-state index in [1.54, 1.807) is 0 Å². The van der Waals surface area contributed by atoms with Crippen LogP contribution in [0.1, 0.15) is 44.9 Å². The van der Waals surface area contributed by atoms with Crippen LogP contribution in [0.4, 0.5) is 5.69 Å². The fourth-order valence-corrected chi connectivity index (χ4v) is 4.73. The molecule has 0 aliphatic carbocycles. The van der Waals surface area contributed by atoms with E-state index in [9.17, 15) is 9.90 Å². The number of carbonyl (C=O) groups is 1. The summed E-state index contributed by atoms with van der Waals surface area (Å²) >= 11 is 0. The number of rotatable bonds is 9. The number of nitrogens with one attached hydrogen (secondary N) is 1. The van der Waals surface area contributed by atoms with Gasteiger partial charge in [0.15, 0.2) is 0 Å². The van der Waals surface area contributed by atoms with Gasteiger partial charge < -0.3 is 19.7 Å². The van der Waals surface area contributed by atoms with E-state index >= 15 is 0 Å². The molecular weight excluding hydrogens is 428 g/mol. The standard InChI is InChI=1S/C27H36N4O3/c1-4-5-9-14-27(33)15-16-31(18-25(27)34-22-10-7-6-8-11-22)19-26(32)29-21-12-13-24-23(17-21)28-20(2)30(24)3/h6-8,10-13,17,25,33H,4-5,9,14-16,18-19H2,1-3H3,(H,29,32)/t25-,27-/m0/s1. The van der Waals surface area contributed by atoms with Crippen molar-refractivity contribution in [3.8, 4) is 5.75 Å². The average molecular weight is 465 g/mol. The number of aryl methyl sites for hydroxylation is 2. The van der Waals surface area contributed by atoms with Gasteiger partial charge in [-0.3, -0.25) is 9.69 Å². The van der Waals surface area contributed by atoms with Crippen LogP contribution in [-0.2, 0) is 11.8 Å². The maximum absolute atomic E-state index is 12.8. The number of unbranched alkanes of at least 4 members (excludes halogenated alkanes) is 2. The molecule has 1 aliphatic heterocycles. The SMILES string of the molecule is CCCCC[C@]1(O)CCN(CC(=O)Nc2ccc3c(c2)nc(C)n3C)C[C@@H]1Oc1ccccc1. The molecule has 7 heteroatoms. The number of hydrogen-bond acceptors (Lipinski definition) is 5. The number of amides is 1. The molecule has 0 bridgehead atoms.